The van der Waals surface area contributed by atoms with Gasteiger partial charge in [-0.05, 0) is 41.9 Å². The number of halogens is 1. The van der Waals surface area contributed by atoms with Gasteiger partial charge in [0.15, 0.2) is 17.3 Å². The van der Waals surface area contributed by atoms with Crippen LogP contribution in [0.1, 0.15) is 40.5 Å². The molecular weight excluding hydrogens is 548 g/mol. The number of benzene rings is 1. The smallest absolute Gasteiger partial charge is 0.360 e. The van der Waals surface area contributed by atoms with Gasteiger partial charge in [-0.25, -0.2) is 14.8 Å². The van der Waals surface area contributed by atoms with E-state index in [4.69, 9.17) is 27.8 Å². The number of rotatable bonds is 5. The van der Waals surface area contributed by atoms with Crippen LogP contribution in [-0.2, 0) is 11.2 Å². The lowest BCUT2D eigenvalue weighted by molar-refractivity contribution is 0.0593. The van der Waals surface area contributed by atoms with E-state index in [1.165, 1.54) is 30.0 Å². The Labute approximate surface area is 240 Å². The molecule has 0 unspecified atom stereocenters. The third kappa shape index (κ3) is 4.63. The molecule has 1 aliphatic carbocycles. The van der Waals surface area contributed by atoms with E-state index in [1.54, 1.807) is 30.9 Å². The molecule has 1 fully saturated rings. The fraction of sp³-hybridized carbons (Fsp3) is 0.286. The van der Waals surface area contributed by atoms with Crippen LogP contribution in [0, 0.1) is 5.41 Å². The summed E-state index contributed by atoms with van der Waals surface area (Å²) >= 11 is 7.88. The standard InChI is InChI=1S/C28H27ClN8O2S/c1-39-27(38)22-25(37-12-7-28(8-13-37)14-16-4-2-3-5-17(16)23(28)30)36-24(31)26(35-22)40-19-6-9-34-21(20(19)29)18-15-32-10-11-33-18/h2-6,9-11,15,23H,7-8,12-14,30H2,1H3,(H2,31,36)/t23-/m1/s1. The molecular formula is C28H27ClN8O2S. The van der Waals surface area contributed by atoms with Crippen molar-refractivity contribution in [3.8, 4) is 11.4 Å². The third-order valence-electron chi connectivity index (χ3n) is 7.77. The molecule has 12 heteroatoms. The van der Waals surface area contributed by atoms with Crippen LogP contribution in [-0.4, -0.2) is 51.1 Å². The summed E-state index contributed by atoms with van der Waals surface area (Å²) in [5.41, 5.74) is 16.8. The summed E-state index contributed by atoms with van der Waals surface area (Å²) in [7, 11) is 1.32. The maximum Gasteiger partial charge on any atom is 0.360 e. The molecule has 1 aliphatic heterocycles. The first-order valence-corrected chi connectivity index (χ1v) is 14.0. The molecule has 0 amide bonds. The Morgan fingerprint density at radius 3 is 2.65 bits per heavy atom. The van der Waals surface area contributed by atoms with E-state index >= 15 is 0 Å². The lowest BCUT2D eigenvalue weighted by Gasteiger charge is -2.42. The molecule has 10 nitrogen and oxygen atoms in total. The third-order valence-corrected chi connectivity index (χ3v) is 9.32. The second-order valence-electron chi connectivity index (χ2n) is 9.94. The number of hydrogen-bond acceptors (Lipinski definition) is 11. The van der Waals surface area contributed by atoms with Crippen molar-refractivity contribution in [3.63, 3.8) is 0 Å². The van der Waals surface area contributed by atoms with Crippen LogP contribution in [0.15, 0.2) is 65.0 Å². The average Bonchev–Trinajstić information content (AvgIpc) is 3.26. The molecule has 2 aliphatic rings. The largest absolute Gasteiger partial charge is 0.464 e. The minimum absolute atomic E-state index is 0.0146. The molecule has 6 rings (SSSR count). The number of hydrogen-bond donors (Lipinski definition) is 2. The second kappa shape index (κ2) is 10.6. The van der Waals surface area contributed by atoms with Gasteiger partial charge in [-0.2, -0.15) is 0 Å². The van der Waals surface area contributed by atoms with Crippen LogP contribution in [0.3, 0.4) is 0 Å². The Morgan fingerprint density at radius 1 is 1.12 bits per heavy atom. The molecule has 40 heavy (non-hydrogen) atoms. The van der Waals surface area contributed by atoms with Gasteiger partial charge >= 0.3 is 5.97 Å². The molecule has 0 saturated carbocycles. The molecule has 1 spiro atoms. The first-order valence-electron chi connectivity index (χ1n) is 12.8. The minimum atomic E-state index is -0.587. The molecule has 1 saturated heterocycles. The van der Waals surface area contributed by atoms with Crippen molar-refractivity contribution in [1.82, 2.24) is 24.9 Å². The van der Waals surface area contributed by atoms with Crippen LogP contribution in [0.25, 0.3) is 11.4 Å². The summed E-state index contributed by atoms with van der Waals surface area (Å²) < 4.78 is 5.08. The predicted molar refractivity (Wildman–Crippen MR) is 153 cm³/mol. The highest BCUT2D eigenvalue weighted by molar-refractivity contribution is 7.99. The second-order valence-corrected chi connectivity index (χ2v) is 11.4. The summed E-state index contributed by atoms with van der Waals surface area (Å²) in [5.74, 6) is 0.0104. The van der Waals surface area contributed by atoms with Crippen molar-refractivity contribution in [2.45, 2.75) is 35.2 Å². The van der Waals surface area contributed by atoms with Crippen LogP contribution in [0.5, 0.6) is 0 Å². The van der Waals surface area contributed by atoms with Crippen LogP contribution in [0.2, 0.25) is 5.02 Å². The summed E-state index contributed by atoms with van der Waals surface area (Å²) in [6.07, 6.45) is 9.02. The van der Waals surface area contributed by atoms with Gasteiger partial charge in [-0.3, -0.25) is 15.0 Å². The summed E-state index contributed by atoms with van der Waals surface area (Å²) in [5, 5.41) is 0.706. The van der Waals surface area contributed by atoms with Crippen LogP contribution >= 0.6 is 23.4 Å². The molecule has 4 heterocycles. The number of piperidine rings is 1. The van der Waals surface area contributed by atoms with Crippen molar-refractivity contribution in [2.24, 2.45) is 11.1 Å². The fourth-order valence-corrected chi connectivity index (χ4v) is 6.77. The van der Waals surface area contributed by atoms with E-state index in [0.29, 0.717) is 45.2 Å². The Balaban J connectivity index is 1.27. The molecule has 4 aromatic rings. The number of esters is 1. The molecule has 0 bridgehead atoms. The van der Waals surface area contributed by atoms with Gasteiger partial charge in [0, 0.05) is 42.6 Å². The van der Waals surface area contributed by atoms with Crippen LogP contribution in [0.4, 0.5) is 11.6 Å². The predicted octanol–water partition coefficient (Wildman–Crippen LogP) is 4.34. The highest BCUT2D eigenvalue weighted by Crippen LogP contribution is 2.51. The molecule has 204 valence electrons. The highest BCUT2D eigenvalue weighted by atomic mass is 35.5. The zero-order chi connectivity index (χ0) is 27.9. The first kappa shape index (κ1) is 26.4. The van der Waals surface area contributed by atoms with E-state index < -0.39 is 5.97 Å². The van der Waals surface area contributed by atoms with Gasteiger partial charge in [0.2, 0.25) is 0 Å². The van der Waals surface area contributed by atoms with Crippen LogP contribution < -0.4 is 16.4 Å². The van der Waals surface area contributed by atoms with Crippen molar-refractivity contribution in [1.29, 1.82) is 0 Å². The maximum absolute atomic E-state index is 12.9. The van der Waals surface area contributed by atoms with Crippen molar-refractivity contribution in [2.75, 3.05) is 30.8 Å². The number of aromatic nitrogens is 5. The number of anilines is 2. The van der Waals surface area contributed by atoms with Gasteiger partial charge in [-0.15, -0.1) is 0 Å². The normalized spacial score (nSPS) is 17.6. The van der Waals surface area contributed by atoms with Crippen molar-refractivity contribution >= 4 is 41.0 Å². The number of carbonyl (C=O) groups is 1. The Morgan fingerprint density at radius 2 is 1.93 bits per heavy atom. The number of carbonyl (C=O) groups excluding carboxylic acids is 1. The number of nitrogens with zero attached hydrogens (tertiary/aromatic N) is 6. The van der Waals surface area contributed by atoms with E-state index in [9.17, 15) is 4.79 Å². The monoisotopic (exact) mass is 574 g/mol. The first-order chi connectivity index (χ1) is 19.4. The molecule has 0 radical (unpaired) electrons. The lowest BCUT2D eigenvalue weighted by atomic mass is 9.73. The van der Waals surface area contributed by atoms with Gasteiger partial charge in [0.05, 0.1) is 18.3 Å². The maximum atomic E-state index is 12.9. The van der Waals surface area contributed by atoms with E-state index in [1.807, 2.05) is 6.07 Å². The molecule has 1 atom stereocenters. The SMILES string of the molecule is COC(=O)c1nc(Sc2ccnc(-c3cnccn3)c2Cl)c(N)nc1N1CCC2(CC1)Cc1ccccc1[C@H]2N. The zero-order valence-corrected chi connectivity index (χ0v) is 23.3. The zero-order valence-electron chi connectivity index (χ0n) is 21.7. The molecule has 1 aromatic carbocycles. The lowest BCUT2D eigenvalue weighted by Crippen LogP contribution is -2.45. The summed E-state index contributed by atoms with van der Waals surface area (Å²) in [6.45, 7) is 1.34. The fourth-order valence-electron chi connectivity index (χ4n) is 5.63. The van der Waals surface area contributed by atoms with Gasteiger partial charge in [-0.1, -0.05) is 47.6 Å². The Hall–Kier alpha value is -3.80. The van der Waals surface area contributed by atoms with E-state index in [0.717, 1.165) is 19.3 Å². The Bertz CT molecular complexity index is 1580. The quantitative estimate of drug-likeness (QED) is 0.328. The minimum Gasteiger partial charge on any atom is -0.464 e. The van der Waals surface area contributed by atoms with E-state index in [2.05, 4.69) is 48.0 Å². The van der Waals surface area contributed by atoms with Gasteiger partial charge in [0.1, 0.15) is 16.4 Å². The summed E-state index contributed by atoms with van der Waals surface area (Å²) in [4.78, 5) is 37.6. The average molecular weight is 575 g/mol. The number of ether oxygens (including phenoxy) is 1. The number of nitrogen functional groups attached to an aromatic ring is 1. The number of methoxy groups -OCH3 is 1. The highest BCUT2D eigenvalue weighted by Gasteiger charge is 2.46. The van der Waals surface area contributed by atoms with Gasteiger partial charge < -0.3 is 21.1 Å². The van der Waals surface area contributed by atoms with Crippen molar-refractivity contribution < 1.29 is 9.53 Å². The molecule has 4 N–H and O–H groups in total. The number of fused-ring (bicyclic) bond motifs is 1. The van der Waals surface area contributed by atoms with E-state index in [-0.39, 0.29) is 23.0 Å². The summed E-state index contributed by atoms with van der Waals surface area (Å²) in [6, 6.07) is 10.1. The van der Waals surface area contributed by atoms with Gasteiger partial charge in [0.25, 0.3) is 0 Å². The Kier molecular flexibility index (Phi) is 7.03. The topological polar surface area (TPSA) is 146 Å². The number of pyridine rings is 1. The molecule has 3 aromatic heterocycles. The van der Waals surface area contributed by atoms with Crippen molar-refractivity contribution in [3.05, 3.63) is 77.0 Å². The number of nitrogens with two attached hydrogens (primary N) is 2.